The number of aryl methyl sites for hydroxylation is 1. The topological polar surface area (TPSA) is 95.2 Å². The van der Waals surface area contributed by atoms with E-state index in [1.807, 2.05) is 13.8 Å². The smallest absolute Gasteiger partial charge is 0.332 e. The Morgan fingerprint density at radius 1 is 1.21 bits per heavy atom. The molecular weight excluding hydrogens is 379 g/mol. The van der Waals surface area contributed by atoms with Crippen LogP contribution >= 0.6 is 0 Å². The zero-order valence-corrected chi connectivity index (χ0v) is 16.5. The molecule has 0 bridgehead atoms. The maximum absolute atomic E-state index is 13.7. The highest BCUT2D eigenvalue weighted by Gasteiger charge is 2.20. The minimum Gasteiger partial charge on any atom is -0.481 e. The molecule has 0 saturated carbocycles. The molecule has 1 aromatic carbocycles. The lowest BCUT2D eigenvalue weighted by molar-refractivity contribution is -0.118. The second kappa shape index (κ2) is 7.86. The summed E-state index contributed by atoms with van der Waals surface area (Å²) in [5, 5.41) is 2.81. The van der Waals surface area contributed by atoms with Crippen molar-refractivity contribution < 1.29 is 13.9 Å². The molecule has 0 unspecified atom stereocenters. The fraction of sp³-hybridized carbons (Fsp3) is 0.300. The van der Waals surface area contributed by atoms with Crippen LogP contribution in [-0.4, -0.2) is 26.6 Å². The van der Waals surface area contributed by atoms with Gasteiger partial charge in [-0.2, -0.15) is 0 Å². The van der Waals surface area contributed by atoms with Gasteiger partial charge in [0, 0.05) is 20.3 Å². The Balaban J connectivity index is 2.04. The first-order valence-electron chi connectivity index (χ1n) is 8.98. The van der Waals surface area contributed by atoms with Crippen LogP contribution < -0.4 is 21.3 Å². The largest absolute Gasteiger partial charge is 0.481 e. The highest BCUT2D eigenvalue weighted by atomic mass is 19.1. The molecule has 8 nitrogen and oxygen atoms in total. The van der Waals surface area contributed by atoms with Gasteiger partial charge in [-0.25, -0.2) is 14.2 Å². The van der Waals surface area contributed by atoms with E-state index in [2.05, 4.69) is 10.3 Å². The van der Waals surface area contributed by atoms with E-state index in [1.165, 1.54) is 43.1 Å². The summed E-state index contributed by atoms with van der Waals surface area (Å²) in [5.74, 6) is -1.26. The molecule has 9 heteroatoms. The van der Waals surface area contributed by atoms with Gasteiger partial charge in [0.15, 0.2) is 23.8 Å². The summed E-state index contributed by atoms with van der Waals surface area (Å²) in [5.41, 5.74) is -0.0282. The zero-order chi connectivity index (χ0) is 21.3. The van der Waals surface area contributed by atoms with Gasteiger partial charge in [0.05, 0.1) is 5.69 Å². The van der Waals surface area contributed by atoms with E-state index in [0.29, 0.717) is 5.56 Å². The fourth-order valence-corrected chi connectivity index (χ4v) is 3.00. The molecule has 0 atom stereocenters. The Morgan fingerprint density at radius 2 is 1.90 bits per heavy atom. The van der Waals surface area contributed by atoms with Gasteiger partial charge in [-0.05, 0) is 23.6 Å². The summed E-state index contributed by atoms with van der Waals surface area (Å²) in [6, 6.07) is 5.74. The van der Waals surface area contributed by atoms with E-state index in [0.717, 1.165) is 4.57 Å². The highest BCUT2D eigenvalue weighted by Crippen LogP contribution is 2.28. The summed E-state index contributed by atoms with van der Waals surface area (Å²) in [7, 11) is 2.86. The average molecular weight is 400 g/mol. The molecule has 1 amide bonds. The quantitative estimate of drug-likeness (QED) is 0.706. The first-order valence-corrected chi connectivity index (χ1v) is 8.98. The molecule has 2 heterocycles. The molecule has 152 valence electrons. The molecule has 29 heavy (non-hydrogen) atoms. The number of ether oxygens (including phenoxy) is 1. The number of anilines is 1. The lowest BCUT2D eigenvalue weighted by Crippen LogP contribution is -2.38. The van der Waals surface area contributed by atoms with Crippen LogP contribution in [0.5, 0.6) is 5.75 Å². The Kier molecular flexibility index (Phi) is 5.49. The van der Waals surface area contributed by atoms with Crippen molar-refractivity contribution in [3.63, 3.8) is 0 Å². The van der Waals surface area contributed by atoms with Crippen LogP contribution in [0.1, 0.15) is 25.3 Å². The number of hydrogen-bond donors (Lipinski definition) is 1. The average Bonchev–Trinajstić information content (AvgIpc) is 2.69. The Bertz CT molecular complexity index is 1210. The predicted molar refractivity (Wildman–Crippen MR) is 107 cm³/mol. The molecule has 1 N–H and O–H groups in total. The molecular formula is C20H21FN4O4. The summed E-state index contributed by atoms with van der Waals surface area (Å²) in [6.45, 7) is 3.33. The van der Waals surface area contributed by atoms with E-state index in [4.69, 9.17) is 4.74 Å². The van der Waals surface area contributed by atoms with Crippen molar-refractivity contribution in [1.29, 1.82) is 0 Å². The van der Waals surface area contributed by atoms with Gasteiger partial charge >= 0.3 is 5.69 Å². The molecule has 3 aromatic rings. The molecule has 0 aliphatic carbocycles. The molecule has 3 rings (SSSR count). The number of benzene rings is 1. The number of nitrogens with zero attached hydrogens (tertiary/aromatic N) is 3. The van der Waals surface area contributed by atoms with Crippen molar-refractivity contribution in [3.8, 4) is 5.75 Å². The highest BCUT2D eigenvalue weighted by molar-refractivity contribution is 6.01. The summed E-state index contributed by atoms with van der Waals surface area (Å²) >= 11 is 0. The second-order valence-electron chi connectivity index (χ2n) is 6.91. The van der Waals surface area contributed by atoms with Crippen LogP contribution in [-0.2, 0) is 18.9 Å². The number of hydrogen-bond acceptors (Lipinski definition) is 5. The number of halogens is 1. The van der Waals surface area contributed by atoms with Crippen molar-refractivity contribution in [2.24, 2.45) is 14.1 Å². The lowest BCUT2D eigenvalue weighted by Gasteiger charge is -2.17. The monoisotopic (exact) mass is 400 g/mol. The molecule has 2 aromatic heterocycles. The minimum atomic E-state index is -0.582. The standard InChI is InChI=1S/C20H21FN4O4/c1-11(2)12-9-22-18-16(19(27)25(4)20(28)24(18)3)17(12)23-15(26)10-29-14-8-6-5-7-13(14)21/h5-9,11H,10H2,1-4H3,(H,22,23,26). The number of carbonyl (C=O) groups excluding carboxylic acids is 1. The molecule has 0 radical (unpaired) electrons. The summed E-state index contributed by atoms with van der Waals surface area (Å²) in [6.07, 6.45) is 1.53. The molecule has 0 aliphatic rings. The van der Waals surface area contributed by atoms with Gasteiger partial charge in [-0.3, -0.25) is 18.7 Å². The first kappa shape index (κ1) is 20.2. The normalized spacial score (nSPS) is 11.1. The SMILES string of the molecule is CC(C)c1cnc2c(c1NC(=O)COc1ccccc1F)c(=O)n(C)c(=O)n2C. The van der Waals surface area contributed by atoms with Crippen LogP contribution in [0.3, 0.4) is 0 Å². The van der Waals surface area contributed by atoms with Crippen LogP contribution in [0.25, 0.3) is 11.0 Å². The van der Waals surface area contributed by atoms with Gasteiger partial charge in [-0.15, -0.1) is 0 Å². The number of aromatic nitrogens is 3. The van der Waals surface area contributed by atoms with Crippen molar-refractivity contribution in [1.82, 2.24) is 14.1 Å². The van der Waals surface area contributed by atoms with Gasteiger partial charge < -0.3 is 10.1 Å². The van der Waals surface area contributed by atoms with Gasteiger partial charge in [0.25, 0.3) is 11.5 Å². The number of rotatable bonds is 5. The summed E-state index contributed by atoms with van der Waals surface area (Å²) < 4.78 is 21.1. The van der Waals surface area contributed by atoms with Crippen molar-refractivity contribution in [2.45, 2.75) is 19.8 Å². The van der Waals surface area contributed by atoms with Crippen LogP contribution in [0.15, 0.2) is 40.1 Å². The third-order valence-corrected chi connectivity index (χ3v) is 4.58. The number of amides is 1. The van der Waals surface area contributed by atoms with Crippen molar-refractivity contribution >= 4 is 22.6 Å². The van der Waals surface area contributed by atoms with Gasteiger partial charge in [-0.1, -0.05) is 26.0 Å². The number of pyridine rings is 1. The molecule has 0 spiro atoms. The van der Waals surface area contributed by atoms with Gasteiger partial charge in [0.2, 0.25) is 0 Å². The third kappa shape index (κ3) is 3.75. The number of nitrogens with one attached hydrogen (secondary N) is 1. The fourth-order valence-electron chi connectivity index (χ4n) is 3.00. The van der Waals surface area contributed by atoms with Crippen molar-refractivity contribution in [3.05, 3.63) is 62.7 Å². The minimum absolute atomic E-state index is 0.0513. The van der Waals surface area contributed by atoms with Crippen molar-refractivity contribution in [2.75, 3.05) is 11.9 Å². The van der Waals surface area contributed by atoms with Crippen LogP contribution in [0.4, 0.5) is 10.1 Å². The summed E-state index contributed by atoms with van der Waals surface area (Å²) in [4.78, 5) is 41.7. The van der Waals surface area contributed by atoms with E-state index in [1.54, 1.807) is 6.07 Å². The maximum atomic E-state index is 13.7. The van der Waals surface area contributed by atoms with E-state index in [-0.39, 0.29) is 28.4 Å². The number of fused-ring (bicyclic) bond motifs is 1. The zero-order valence-electron chi connectivity index (χ0n) is 16.5. The molecule has 0 saturated heterocycles. The lowest BCUT2D eigenvalue weighted by atomic mass is 10.0. The molecule has 0 fully saturated rings. The number of carbonyl (C=O) groups is 1. The third-order valence-electron chi connectivity index (χ3n) is 4.58. The van der Waals surface area contributed by atoms with E-state index < -0.39 is 29.6 Å². The van der Waals surface area contributed by atoms with Crippen LogP contribution in [0, 0.1) is 5.82 Å². The Labute approximate surface area is 165 Å². The Morgan fingerprint density at radius 3 is 2.55 bits per heavy atom. The molecule has 0 aliphatic heterocycles. The van der Waals surface area contributed by atoms with Crippen LogP contribution in [0.2, 0.25) is 0 Å². The first-order chi connectivity index (χ1) is 13.7. The van der Waals surface area contributed by atoms with E-state index >= 15 is 0 Å². The predicted octanol–water partition coefficient (Wildman–Crippen LogP) is 1.91. The second-order valence-corrected chi connectivity index (χ2v) is 6.91. The van der Waals surface area contributed by atoms with Gasteiger partial charge in [0.1, 0.15) is 5.39 Å². The number of para-hydroxylation sites is 1. The van der Waals surface area contributed by atoms with E-state index in [9.17, 15) is 18.8 Å². The maximum Gasteiger partial charge on any atom is 0.332 e. The Hall–Kier alpha value is -3.49.